The Morgan fingerprint density at radius 3 is 2.32 bits per heavy atom. The highest BCUT2D eigenvalue weighted by molar-refractivity contribution is 7.90. The number of primary sulfonamides is 1. The highest BCUT2D eigenvalue weighted by Gasteiger charge is 2.39. The summed E-state index contributed by atoms with van der Waals surface area (Å²) in [5.41, 5.74) is 5.43. The van der Waals surface area contributed by atoms with Crippen LogP contribution in [-0.2, 0) is 20.0 Å². The van der Waals surface area contributed by atoms with Crippen molar-refractivity contribution in [3.05, 3.63) is 24.3 Å². The lowest BCUT2D eigenvalue weighted by molar-refractivity contribution is 0.349. The molecule has 0 aromatic heterocycles. The van der Waals surface area contributed by atoms with Gasteiger partial charge in [0.15, 0.2) is 0 Å². The lowest BCUT2D eigenvalue weighted by atomic mass is 9.90. The van der Waals surface area contributed by atoms with E-state index in [1.165, 1.54) is 22.5 Å². The smallest absolute Gasteiger partial charge is 0.243 e. The first-order valence-corrected chi connectivity index (χ1v) is 9.40. The number of hydrogen-bond donors (Lipinski definition) is 2. The zero-order chi connectivity index (χ0) is 15.9. The second-order valence-corrected chi connectivity index (χ2v) is 9.12. The van der Waals surface area contributed by atoms with Crippen molar-refractivity contribution in [2.45, 2.75) is 23.1 Å². The third-order valence-electron chi connectivity index (χ3n) is 3.79. The SMILES string of the molecule is CC1(CN)CCN(S(=O)(=O)c2cccc(S(N)(=O)=O)c2)C1.Cl. The van der Waals surface area contributed by atoms with Crippen LogP contribution >= 0.6 is 12.4 Å². The van der Waals surface area contributed by atoms with Crippen LogP contribution in [0.1, 0.15) is 13.3 Å². The molecule has 2 rings (SSSR count). The van der Waals surface area contributed by atoms with Gasteiger partial charge in [-0.05, 0) is 36.6 Å². The number of rotatable bonds is 4. The van der Waals surface area contributed by atoms with Gasteiger partial charge in [-0.3, -0.25) is 0 Å². The maximum Gasteiger partial charge on any atom is 0.243 e. The number of sulfonamides is 2. The standard InChI is InChI=1S/C12H19N3O4S2.ClH/c1-12(8-13)5-6-15(9-12)21(18,19)11-4-2-3-10(7-11)20(14,16)17;/h2-4,7H,5-6,8-9,13H2,1H3,(H2,14,16,17);1H. The van der Waals surface area contributed by atoms with Crippen molar-refractivity contribution < 1.29 is 16.8 Å². The molecule has 0 aliphatic carbocycles. The van der Waals surface area contributed by atoms with Gasteiger partial charge in [-0.25, -0.2) is 22.0 Å². The van der Waals surface area contributed by atoms with E-state index in [0.29, 0.717) is 26.1 Å². The van der Waals surface area contributed by atoms with Crippen LogP contribution in [-0.4, -0.2) is 40.8 Å². The monoisotopic (exact) mass is 369 g/mol. The molecule has 22 heavy (non-hydrogen) atoms. The first-order chi connectivity index (χ1) is 9.58. The molecule has 1 atom stereocenters. The minimum absolute atomic E-state index is 0. The summed E-state index contributed by atoms with van der Waals surface area (Å²) in [5, 5.41) is 5.03. The molecule has 0 amide bonds. The Morgan fingerprint density at radius 1 is 1.23 bits per heavy atom. The Morgan fingerprint density at radius 2 is 1.82 bits per heavy atom. The highest BCUT2D eigenvalue weighted by atomic mass is 35.5. The fourth-order valence-corrected chi connectivity index (χ4v) is 4.58. The van der Waals surface area contributed by atoms with Gasteiger partial charge in [0.2, 0.25) is 20.0 Å². The summed E-state index contributed by atoms with van der Waals surface area (Å²) >= 11 is 0. The van der Waals surface area contributed by atoms with E-state index in [1.54, 1.807) is 0 Å². The third kappa shape index (κ3) is 3.79. The summed E-state index contributed by atoms with van der Waals surface area (Å²) in [7, 11) is -7.68. The van der Waals surface area contributed by atoms with E-state index in [4.69, 9.17) is 10.9 Å². The fourth-order valence-electron chi connectivity index (χ4n) is 2.31. The molecule has 1 unspecified atom stereocenters. The average Bonchev–Trinajstić information content (AvgIpc) is 2.82. The van der Waals surface area contributed by atoms with Crippen LogP contribution in [0.3, 0.4) is 0 Å². The van der Waals surface area contributed by atoms with Crippen molar-refractivity contribution in [2.24, 2.45) is 16.3 Å². The zero-order valence-electron chi connectivity index (χ0n) is 12.1. The van der Waals surface area contributed by atoms with Crippen LogP contribution < -0.4 is 10.9 Å². The Balaban J connectivity index is 0.00000242. The first-order valence-electron chi connectivity index (χ1n) is 6.42. The Kier molecular flexibility index (Phi) is 5.64. The Bertz CT molecular complexity index is 751. The van der Waals surface area contributed by atoms with E-state index < -0.39 is 20.0 Å². The molecule has 1 aromatic carbocycles. The van der Waals surface area contributed by atoms with Crippen molar-refractivity contribution in [1.82, 2.24) is 4.31 Å². The normalized spacial score (nSPS) is 23.2. The Hall–Kier alpha value is -0.710. The van der Waals surface area contributed by atoms with Crippen LogP contribution in [0.5, 0.6) is 0 Å². The van der Waals surface area contributed by atoms with Gasteiger partial charge in [-0.2, -0.15) is 4.31 Å². The van der Waals surface area contributed by atoms with Gasteiger partial charge in [0, 0.05) is 13.1 Å². The molecule has 0 spiro atoms. The van der Waals surface area contributed by atoms with Crippen LogP contribution in [0.25, 0.3) is 0 Å². The van der Waals surface area contributed by atoms with Crippen LogP contribution in [0, 0.1) is 5.41 Å². The lowest BCUT2D eigenvalue weighted by Gasteiger charge is -2.22. The molecule has 1 aliphatic heterocycles. The molecule has 0 saturated carbocycles. The minimum atomic E-state index is -3.94. The molecule has 1 aliphatic rings. The molecule has 1 saturated heterocycles. The molecule has 126 valence electrons. The van der Waals surface area contributed by atoms with Crippen LogP contribution in [0.4, 0.5) is 0 Å². The van der Waals surface area contributed by atoms with Gasteiger partial charge < -0.3 is 5.73 Å². The quantitative estimate of drug-likeness (QED) is 0.779. The second-order valence-electron chi connectivity index (χ2n) is 5.62. The van der Waals surface area contributed by atoms with E-state index in [-0.39, 0.29) is 27.6 Å². The van der Waals surface area contributed by atoms with Crippen molar-refractivity contribution in [2.75, 3.05) is 19.6 Å². The Labute approximate surface area is 137 Å². The molecule has 10 heteroatoms. The molecule has 1 aromatic rings. The van der Waals surface area contributed by atoms with Gasteiger partial charge in [0.25, 0.3) is 0 Å². The number of nitrogens with two attached hydrogens (primary N) is 2. The third-order valence-corrected chi connectivity index (χ3v) is 6.54. The summed E-state index contributed by atoms with van der Waals surface area (Å²) in [6, 6.07) is 5.08. The van der Waals surface area contributed by atoms with E-state index >= 15 is 0 Å². The molecule has 7 nitrogen and oxygen atoms in total. The lowest BCUT2D eigenvalue weighted by Crippen LogP contribution is -2.34. The van der Waals surface area contributed by atoms with E-state index in [0.717, 1.165) is 6.07 Å². The number of hydrogen-bond acceptors (Lipinski definition) is 5. The molecule has 0 radical (unpaired) electrons. The maximum absolute atomic E-state index is 12.6. The van der Waals surface area contributed by atoms with Gasteiger partial charge in [-0.15, -0.1) is 12.4 Å². The average molecular weight is 370 g/mol. The summed E-state index contributed by atoms with van der Waals surface area (Å²) < 4.78 is 49.1. The van der Waals surface area contributed by atoms with Crippen molar-refractivity contribution in [3.8, 4) is 0 Å². The molecule has 1 fully saturated rings. The van der Waals surface area contributed by atoms with E-state index in [1.807, 2.05) is 6.92 Å². The zero-order valence-corrected chi connectivity index (χ0v) is 14.5. The molecular formula is C12H20ClN3O4S2. The molecule has 1 heterocycles. The van der Waals surface area contributed by atoms with Crippen LogP contribution in [0.2, 0.25) is 0 Å². The van der Waals surface area contributed by atoms with Crippen LogP contribution in [0.15, 0.2) is 34.1 Å². The van der Waals surface area contributed by atoms with Crippen molar-refractivity contribution in [1.29, 1.82) is 0 Å². The number of benzene rings is 1. The van der Waals surface area contributed by atoms with Gasteiger partial charge in [-0.1, -0.05) is 13.0 Å². The van der Waals surface area contributed by atoms with E-state index in [2.05, 4.69) is 0 Å². The summed E-state index contributed by atoms with van der Waals surface area (Å²) in [4.78, 5) is -0.292. The largest absolute Gasteiger partial charge is 0.330 e. The first kappa shape index (κ1) is 19.3. The van der Waals surface area contributed by atoms with E-state index in [9.17, 15) is 16.8 Å². The van der Waals surface area contributed by atoms with Crippen molar-refractivity contribution in [3.63, 3.8) is 0 Å². The predicted octanol–water partition coefficient (Wildman–Crippen LogP) is 0.115. The maximum atomic E-state index is 12.6. The number of nitrogens with zero attached hydrogens (tertiary/aromatic N) is 1. The molecule has 0 bridgehead atoms. The second kappa shape index (κ2) is 6.42. The summed E-state index contributed by atoms with van der Waals surface area (Å²) in [6.07, 6.45) is 0.678. The van der Waals surface area contributed by atoms with Crippen molar-refractivity contribution >= 4 is 32.5 Å². The summed E-state index contributed by atoms with van der Waals surface area (Å²) in [6.45, 7) is 3.03. The highest BCUT2D eigenvalue weighted by Crippen LogP contribution is 2.32. The van der Waals surface area contributed by atoms with Gasteiger partial charge in [0.05, 0.1) is 9.79 Å². The fraction of sp³-hybridized carbons (Fsp3) is 0.500. The predicted molar refractivity (Wildman–Crippen MR) is 85.6 cm³/mol. The number of halogens is 1. The summed E-state index contributed by atoms with van der Waals surface area (Å²) in [5.74, 6) is 0. The minimum Gasteiger partial charge on any atom is -0.330 e. The topological polar surface area (TPSA) is 124 Å². The van der Waals surface area contributed by atoms with Gasteiger partial charge in [0.1, 0.15) is 0 Å². The molecule has 4 N–H and O–H groups in total. The van der Waals surface area contributed by atoms with Gasteiger partial charge >= 0.3 is 0 Å². The molecular weight excluding hydrogens is 350 g/mol.